The Morgan fingerprint density at radius 3 is 2.42 bits per heavy atom. The number of nitrogens with zero attached hydrogens (tertiary/aromatic N) is 3. The van der Waals surface area contributed by atoms with E-state index in [4.69, 9.17) is 4.74 Å². The number of rotatable bonds is 13. The van der Waals surface area contributed by atoms with E-state index in [-0.39, 0.29) is 18.1 Å². The lowest BCUT2D eigenvalue weighted by molar-refractivity contribution is -0.139. The van der Waals surface area contributed by atoms with E-state index in [0.717, 1.165) is 23.2 Å². The lowest BCUT2D eigenvalue weighted by atomic mass is 10.1. The molecule has 0 saturated carbocycles. The van der Waals surface area contributed by atoms with Gasteiger partial charge in [0.05, 0.1) is 12.8 Å². The second kappa shape index (κ2) is 13.2. The van der Waals surface area contributed by atoms with Gasteiger partial charge in [-0.2, -0.15) is 12.7 Å². The SMILES string of the molecule is CCCCNC(=O)[C@@H](C)N(Cc1cccc(OC)c1)C(=O)CN(c1ccccc1F)S(=O)(=O)N(C)C. The topological polar surface area (TPSA) is 99.3 Å². The van der Waals surface area contributed by atoms with Gasteiger partial charge in [0, 0.05) is 27.2 Å². The molecule has 1 N–H and O–H groups in total. The second-order valence-electron chi connectivity index (χ2n) is 8.44. The number of benzene rings is 2. The molecule has 36 heavy (non-hydrogen) atoms. The Hall–Kier alpha value is -3.18. The van der Waals surface area contributed by atoms with Crippen LogP contribution < -0.4 is 14.4 Å². The van der Waals surface area contributed by atoms with Gasteiger partial charge < -0.3 is 15.0 Å². The van der Waals surface area contributed by atoms with E-state index in [2.05, 4.69) is 5.32 Å². The molecule has 9 nitrogen and oxygen atoms in total. The monoisotopic (exact) mass is 522 g/mol. The van der Waals surface area contributed by atoms with Gasteiger partial charge in [0.25, 0.3) is 0 Å². The van der Waals surface area contributed by atoms with Crippen molar-refractivity contribution in [2.45, 2.75) is 39.3 Å². The third-order valence-corrected chi connectivity index (χ3v) is 7.43. The molecule has 0 bridgehead atoms. The summed E-state index contributed by atoms with van der Waals surface area (Å²) in [7, 11) is -0.119. The largest absolute Gasteiger partial charge is 0.497 e. The normalized spacial score (nSPS) is 12.2. The Balaban J connectivity index is 2.44. The molecule has 1 atom stereocenters. The third kappa shape index (κ3) is 7.41. The van der Waals surface area contributed by atoms with Gasteiger partial charge in [-0.05, 0) is 43.2 Å². The van der Waals surface area contributed by atoms with E-state index in [9.17, 15) is 22.4 Å². The molecule has 0 aliphatic carbocycles. The smallest absolute Gasteiger partial charge is 0.304 e. The number of ether oxygens (including phenoxy) is 1. The number of unbranched alkanes of at least 4 members (excludes halogenated alkanes) is 1. The number of anilines is 1. The van der Waals surface area contributed by atoms with Crippen LogP contribution in [0.1, 0.15) is 32.3 Å². The van der Waals surface area contributed by atoms with Crippen molar-refractivity contribution in [1.29, 1.82) is 0 Å². The van der Waals surface area contributed by atoms with Crippen LogP contribution in [0.2, 0.25) is 0 Å². The van der Waals surface area contributed by atoms with Gasteiger partial charge in [0.2, 0.25) is 11.8 Å². The standard InChI is InChI=1S/C25H35FN4O5S/c1-6-7-15-27-25(32)19(2)29(17-20-11-10-12-21(16-20)35-5)24(31)18-30(36(33,34)28(3)4)23-14-9-8-13-22(23)26/h8-14,16,19H,6-7,15,17-18H2,1-5H3,(H,27,32)/t19-/m1/s1. The van der Waals surface area contributed by atoms with E-state index in [1.165, 1.54) is 44.3 Å². The van der Waals surface area contributed by atoms with Gasteiger partial charge in [-0.25, -0.2) is 8.70 Å². The fraction of sp³-hybridized carbons (Fsp3) is 0.440. The van der Waals surface area contributed by atoms with Crippen LogP contribution in [0.4, 0.5) is 10.1 Å². The predicted octanol–water partition coefficient (Wildman–Crippen LogP) is 2.78. The first kappa shape index (κ1) is 29.1. The van der Waals surface area contributed by atoms with Crippen LogP contribution in [0.25, 0.3) is 0 Å². The van der Waals surface area contributed by atoms with Crippen molar-refractivity contribution in [3.8, 4) is 5.75 Å². The number of nitrogens with one attached hydrogen (secondary N) is 1. The van der Waals surface area contributed by atoms with Gasteiger partial charge >= 0.3 is 10.2 Å². The Morgan fingerprint density at radius 1 is 1.11 bits per heavy atom. The van der Waals surface area contributed by atoms with Gasteiger partial charge in [0.1, 0.15) is 24.2 Å². The van der Waals surface area contributed by atoms with Gasteiger partial charge in [-0.1, -0.05) is 37.6 Å². The highest BCUT2D eigenvalue weighted by atomic mass is 32.2. The molecule has 0 aromatic heterocycles. The molecule has 11 heteroatoms. The molecular weight excluding hydrogens is 487 g/mol. The van der Waals surface area contributed by atoms with Crippen molar-refractivity contribution in [1.82, 2.24) is 14.5 Å². The molecule has 0 heterocycles. The zero-order valence-electron chi connectivity index (χ0n) is 21.4. The van der Waals surface area contributed by atoms with Gasteiger partial charge in [-0.3, -0.25) is 9.59 Å². The highest BCUT2D eigenvalue weighted by Gasteiger charge is 2.33. The number of hydrogen-bond acceptors (Lipinski definition) is 5. The highest BCUT2D eigenvalue weighted by molar-refractivity contribution is 7.90. The quantitative estimate of drug-likeness (QED) is 0.408. The molecule has 0 saturated heterocycles. The van der Waals surface area contributed by atoms with Crippen LogP contribution in [0, 0.1) is 5.82 Å². The lowest BCUT2D eigenvalue weighted by Gasteiger charge is -2.33. The maximum atomic E-state index is 14.6. The lowest BCUT2D eigenvalue weighted by Crippen LogP contribution is -2.52. The number of carbonyl (C=O) groups is 2. The van der Waals surface area contributed by atoms with E-state index in [1.807, 2.05) is 6.92 Å². The summed E-state index contributed by atoms with van der Waals surface area (Å²) in [6.07, 6.45) is 1.67. The van der Waals surface area contributed by atoms with Crippen LogP contribution in [0.15, 0.2) is 48.5 Å². The minimum absolute atomic E-state index is 0.0194. The van der Waals surface area contributed by atoms with Crippen molar-refractivity contribution in [2.24, 2.45) is 0 Å². The molecule has 0 fully saturated rings. The fourth-order valence-corrected chi connectivity index (χ4v) is 4.51. The van der Waals surface area contributed by atoms with Crippen LogP contribution in [-0.2, 0) is 26.3 Å². The van der Waals surface area contributed by atoms with Crippen molar-refractivity contribution in [3.63, 3.8) is 0 Å². The molecule has 0 aliphatic rings. The predicted molar refractivity (Wildman–Crippen MR) is 137 cm³/mol. The highest BCUT2D eigenvalue weighted by Crippen LogP contribution is 2.24. The Kier molecular flexibility index (Phi) is 10.7. The summed E-state index contributed by atoms with van der Waals surface area (Å²) in [6, 6.07) is 11.4. The second-order valence-corrected chi connectivity index (χ2v) is 10.5. The number of methoxy groups -OCH3 is 1. The summed E-state index contributed by atoms with van der Waals surface area (Å²) >= 11 is 0. The minimum atomic E-state index is -4.23. The molecule has 2 aromatic carbocycles. The molecular formula is C25H35FN4O5S. The summed E-state index contributed by atoms with van der Waals surface area (Å²) in [4.78, 5) is 27.8. The minimum Gasteiger partial charge on any atom is -0.497 e. The maximum Gasteiger partial charge on any atom is 0.304 e. The molecule has 0 radical (unpaired) electrons. The average Bonchev–Trinajstić information content (AvgIpc) is 2.85. The zero-order chi connectivity index (χ0) is 26.9. The van der Waals surface area contributed by atoms with Crippen molar-refractivity contribution >= 4 is 27.7 Å². The molecule has 2 rings (SSSR count). The molecule has 198 valence electrons. The number of carbonyl (C=O) groups excluding carboxylic acids is 2. The fourth-order valence-electron chi connectivity index (χ4n) is 3.44. The first-order valence-electron chi connectivity index (χ1n) is 11.7. The Labute approximate surface area is 213 Å². The van der Waals surface area contributed by atoms with E-state index in [1.54, 1.807) is 31.2 Å². The van der Waals surface area contributed by atoms with Gasteiger partial charge in [0.15, 0.2) is 0 Å². The van der Waals surface area contributed by atoms with Crippen molar-refractivity contribution in [3.05, 3.63) is 59.9 Å². The van der Waals surface area contributed by atoms with Gasteiger partial charge in [-0.15, -0.1) is 0 Å². The summed E-state index contributed by atoms with van der Waals surface area (Å²) in [5, 5.41) is 2.81. The van der Waals surface area contributed by atoms with Crippen LogP contribution in [0.5, 0.6) is 5.75 Å². The van der Waals surface area contributed by atoms with E-state index < -0.39 is 34.5 Å². The van der Waals surface area contributed by atoms with E-state index in [0.29, 0.717) is 22.2 Å². The molecule has 2 aromatic rings. The maximum absolute atomic E-state index is 14.6. The molecule has 2 amide bonds. The molecule has 0 spiro atoms. The summed E-state index contributed by atoms with van der Waals surface area (Å²) in [5.41, 5.74) is 0.421. The average molecular weight is 523 g/mol. The molecule has 0 aliphatic heterocycles. The van der Waals surface area contributed by atoms with Crippen LogP contribution >= 0.6 is 0 Å². The third-order valence-electron chi connectivity index (χ3n) is 5.62. The van der Waals surface area contributed by atoms with Crippen molar-refractivity contribution < 1.29 is 27.1 Å². The van der Waals surface area contributed by atoms with Crippen molar-refractivity contribution in [2.75, 3.05) is 38.6 Å². The first-order valence-corrected chi connectivity index (χ1v) is 13.1. The van der Waals surface area contributed by atoms with Crippen LogP contribution in [0.3, 0.4) is 0 Å². The zero-order valence-corrected chi connectivity index (χ0v) is 22.2. The molecule has 0 unspecified atom stereocenters. The summed E-state index contributed by atoms with van der Waals surface area (Å²) < 4.78 is 47.7. The Morgan fingerprint density at radius 2 is 1.81 bits per heavy atom. The Bertz CT molecular complexity index is 1140. The summed E-state index contributed by atoms with van der Waals surface area (Å²) in [6.45, 7) is 3.35. The number of halogens is 1. The first-order chi connectivity index (χ1) is 17.0. The number of hydrogen-bond donors (Lipinski definition) is 1. The van der Waals surface area contributed by atoms with E-state index >= 15 is 0 Å². The number of amides is 2. The summed E-state index contributed by atoms with van der Waals surface area (Å²) in [5.74, 6) is -1.25. The number of para-hydroxylation sites is 1. The van der Waals surface area contributed by atoms with Crippen LogP contribution in [-0.4, -0.2) is 69.8 Å².